The molecule has 0 saturated heterocycles. The summed E-state index contributed by atoms with van der Waals surface area (Å²) in [5.41, 5.74) is 1.99. The van der Waals surface area contributed by atoms with Crippen LogP contribution in [0.4, 0.5) is 5.95 Å². The van der Waals surface area contributed by atoms with Crippen LogP contribution in [0.2, 0.25) is 0 Å². The molecule has 1 aromatic carbocycles. The number of hydrogen-bond acceptors (Lipinski definition) is 5. The molecule has 2 amide bonds. The Balaban J connectivity index is 1.65. The van der Waals surface area contributed by atoms with Gasteiger partial charge in [-0.15, -0.1) is 0 Å². The van der Waals surface area contributed by atoms with Gasteiger partial charge in [0.1, 0.15) is 12.7 Å². The molecule has 0 saturated carbocycles. The summed E-state index contributed by atoms with van der Waals surface area (Å²) < 4.78 is 0. The average Bonchev–Trinajstić information content (AvgIpc) is 2.91. The molecule has 1 aliphatic rings. The number of nitrogens with zero attached hydrogens (tertiary/aromatic N) is 3. The summed E-state index contributed by atoms with van der Waals surface area (Å²) in [6, 6.07) is 7.35. The number of anilines is 1. The van der Waals surface area contributed by atoms with Gasteiger partial charge < -0.3 is 5.32 Å². The Labute approximate surface area is 120 Å². The summed E-state index contributed by atoms with van der Waals surface area (Å²) in [4.78, 5) is 34.7. The molecule has 0 fully saturated rings. The van der Waals surface area contributed by atoms with Gasteiger partial charge in [-0.2, -0.15) is 0 Å². The first kappa shape index (κ1) is 12.9. The fourth-order valence-corrected chi connectivity index (χ4v) is 2.04. The van der Waals surface area contributed by atoms with E-state index in [2.05, 4.69) is 25.6 Å². The molecule has 1 atom stereocenters. The number of amides is 2. The summed E-state index contributed by atoms with van der Waals surface area (Å²) >= 11 is 0. The highest BCUT2D eigenvalue weighted by molar-refractivity contribution is 6.39. The number of benzene rings is 1. The van der Waals surface area contributed by atoms with E-state index in [0.29, 0.717) is 0 Å². The minimum Gasteiger partial charge on any atom is -0.337 e. The quantitative estimate of drug-likeness (QED) is 0.790. The summed E-state index contributed by atoms with van der Waals surface area (Å²) in [5.74, 6) is -1.53. The van der Waals surface area contributed by atoms with Crippen molar-refractivity contribution >= 4 is 23.8 Å². The van der Waals surface area contributed by atoms with Crippen molar-refractivity contribution in [2.45, 2.75) is 6.04 Å². The predicted molar refractivity (Wildman–Crippen MR) is 74.8 cm³/mol. The Morgan fingerprint density at radius 1 is 1.05 bits per heavy atom. The minimum absolute atomic E-state index is 0.0347. The van der Waals surface area contributed by atoms with Crippen LogP contribution in [-0.2, 0) is 9.59 Å². The first-order valence-electron chi connectivity index (χ1n) is 6.25. The Morgan fingerprint density at radius 3 is 2.62 bits per heavy atom. The molecule has 3 rings (SSSR count). The maximum absolute atomic E-state index is 11.9. The maximum atomic E-state index is 11.9. The molecular formula is C14H11N5O2. The highest BCUT2D eigenvalue weighted by Gasteiger charge is 2.22. The average molecular weight is 281 g/mol. The van der Waals surface area contributed by atoms with Gasteiger partial charge in [0.15, 0.2) is 0 Å². The molecule has 7 heteroatoms. The molecule has 0 bridgehead atoms. The van der Waals surface area contributed by atoms with Crippen molar-refractivity contribution in [2.24, 2.45) is 0 Å². The van der Waals surface area contributed by atoms with Gasteiger partial charge in [-0.25, -0.2) is 15.0 Å². The monoisotopic (exact) mass is 281 g/mol. The van der Waals surface area contributed by atoms with Gasteiger partial charge in [0.05, 0.1) is 6.04 Å². The molecule has 1 aromatic heterocycles. The van der Waals surface area contributed by atoms with Crippen molar-refractivity contribution < 1.29 is 9.59 Å². The fraction of sp³-hybridized carbons (Fsp3) is 0.0714. The van der Waals surface area contributed by atoms with Gasteiger partial charge in [0, 0.05) is 0 Å². The van der Waals surface area contributed by atoms with E-state index in [9.17, 15) is 9.59 Å². The Hall–Kier alpha value is -3.09. The van der Waals surface area contributed by atoms with Crippen molar-refractivity contribution in [1.82, 2.24) is 20.3 Å². The zero-order valence-corrected chi connectivity index (χ0v) is 10.9. The second-order valence-corrected chi connectivity index (χ2v) is 4.36. The van der Waals surface area contributed by atoms with E-state index in [4.69, 9.17) is 0 Å². The van der Waals surface area contributed by atoms with Crippen molar-refractivity contribution in [1.29, 1.82) is 0 Å². The molecular weight excluding hydrogens is 270 g/mol. The van der Waals surface area contributed by atoms with E-state index in [1.54, 1.807) is 0 Å². The van der Waals surface area contributed by atoms with Crippen LogP contribution in [0.15, 0.2) is 43.0 Å². The van der Waals surface area contributed by atoms with Gasteiger partial charge in [0.2, 0.25) is 5.95 Å². The summed E-state index contributed by atoms with van der Waals surface area (Å²) in [5, 5.41) is 4.95. The first-order valence-corrected chi connectivity index (χ1v) is 6.25. The van der Waals surface area contributed by atoms with Gasteiger partial charge in [-0.1, -0.05) is 36.4 Å². The van der Waals surface area contributed by atoms with Crippen LogP contribution in [-0.4, -0.2) is 26.8 Å². The van der Waals surface area contributed by atoms with Crippen molar-refractivity contribution in [3.8, 4) is 0 Å². The summed E-state index contributed by atoms with van der Waals surface area (Å²) in [6.45, 7) is 0. The topological polar surface area (TPSA) is 96.9 Å². The molecule has 1 aliphatic carbocycles. The van der Waals surface area contributed by atoms with Crippen LogP contribution in [0.5, 0.6) is 0 Å². The summed E-state index contributed by atoms with van der Waals surface area (Å²) in [7, 11) is 0. The zero-order chi connectivity index (χ0) is 14.7. The number of carbonyl (C=O) groups excluding carboxylic acids is 2. The molecule has 1 unspecified atom stereocenters. The highest BCUT2D eigenvalue weighted by Crippen LogP contribution is 2.27. The van der Waals surface area contributed by atoms with Gasteiger partial charge in [-0.05, 0) is 11.1 Å². The SMILES string of the molecule is O=C(Nc1ncncn1)C(=O)NC1C=Cc2ccccc21. The highest BCUT2D eigenvalue weighted by atomic mass is 16.2. The van der Waals surface area contributed by atoms with Crippen LogP contribution in [0.3, 0.4) is 0 Å². The van der Waals surface area contributed by atoms with Crippen molar-refractivity contribution in [3.63, 3.8) is 0 Å². The van der Waals surface area contributed by atoms with Crippen LogP contribution < -0.4 is 10.6 Å². The third-order valence-electron chi connectivity index (χ3n) is 3.01. The van der Waals surface area contributed by atoms with Crippen molar-refractivity contribution in [3.05, 3.63) is 54.1 Å². The Kier molecular flexibility index (Phi) is 3.38. The minimum atomic E-state index is -0.820. The third kappa shape index (κ3) is 2.76. The molecule has 2 N–H and O–H groups in total. The lowest BCUT2D eigenvalue weighted by atomic mass is 10.1. The predicted octanol–water partition coefficient (Wildman–Crippen LogP) is 0.694. The lowest BCUT2D eigenvalue weighted by molar-refractivity contribution is -0.136. The molecule has 0 radical (unpaired) electrons. The lowest BCUT2D eigenvalue weighted by Crippen LogP contribution is -2.37. The second kappa shape index (κ2) is 5.49. The number of carbonyl (C=O) groups is 2. The molecule has 0 aliphatic heterocycles. The van der Waals surface area contributed by atoms with E-state index < -0.39 is 11.8 Å². The smallest absolute Gasteiger partial charge is 0.316 e. The number of fused-ring (bicyclic) bond motifs is 1. The van der Waals surface area contributed by atoms with Crippen LogP contribution in [0, 0.1) is 0 Å². The van der Waals surface area contributed by atoms with Gasteiger partial charge >= 0.3 is 11.8 Å². The van der Waals surface area contributed by atoms with Crippen LogP contribution in [0.25, 0.3) is 6.08 Å². The van der Waals surface area contributed by atoms with Crippen LogP contribution >= 0.6 is 0 Å². The Bertz CT molecular complexity index is 714. The third-order valence-corrected chi connectivity index (χ3v) is 3.01. The number of rotatable bonds is 2. The first-order chi connectivity index (χ1) is 10.2. The molecule has 104 valence electrons. The second-order valence-electron chi connectivity index (χ2n) is 4.36. The molecule has 21 heavy (non-hydrogen) atoms. The molecule has 2 aromatic rings. The largest absolute Gasteiger partial charge is 0.337 e. The maximum Gasteiger partial charge on any atom is 0.316 e. The number of aromatic nitrogens is 3. The van der Waals surface area contributed by atoms with E-state index in [1.807, 2.05) is 36.4 Å². The van der Waals surface area contributed by atoms with E-state index in [-0.39, 0.29) is 12.0 Å². The van der Waals surface area contributed by atoms with E-state index >= 15 is 0 Å². The normalized spacial score (nSPS) is 15.3. The van der Waals surface area contributed by atoms with E-state index in [1.165, 1.54) is 12.7 Å². The van der Waals surface area contributed by atoms with E-state index in [0.717, 1.165) is 11.1 Å². The Morgan fingerprint density at radius 2 is 1.81 bits per heavy atom. The standard InChI is InChI=1S/C14H11N5O2/c20-12(13(21)19-14-16-7-15-8-17-14)18-11-6-5-9-3-1-2-4-10(9)11/h1-8,11H,(H,18,20)(H,15,16,17,19,21). The van der Waals surface area contributed by atoms with Crippen LogP contribution in [0.1, 0.15) is 17.2 Å². The van der Waals surface area contributed by atoms with Crippen molar-refractivity contribution in [2.75, 3.05) is 5.32 Å². The van der Waals surface area contributed by atoms with Gasteiger partial charge in [0.25, 0.3) is 0 Å². The molecule has 7 nitrogen and oxygen atoms in total. The van der Waals surface area contributed by atoms with Gasteiger partial charge in [-0.3, -0.25) is 14.9 Å². The molecule has 1 heterocycles. The number of hydrogen-bond donors (Lipinski definition) is 2. The molecule has 0 spiro atoms. The zero-order valence-electron chi connectivity index (χ0n) is 10.9. The lowest BCUT2D eigenvalue weighted by Gasteiger charge is -2.12. The number of nitrogens with one attached hydrogen (secondary N) is 2. The fourth-order valence-electron chi connectivity index (χ4n) is 2.04. The summed E-state index contributed by atoms with van der Waals surface area (Å²) in [6.07, 6.45) is 6.20.